The standard InChI is InChI=1S/C15H16ClN3O2/c1-9(20)18-14-6-10(4-5-17-14)12-7-11(16)8-13(19-12)15(2,3)21/h4-8,21H,1-3H3,(H,17,18,20). The monoisotopic (exact) mass is 305 g/mol. The van der Waals surface area contributed by atoms with Crippen LogP contribution in [0.2, 0.25) is 5.02 Å². The van der Waals surface area contributed by atoms with Crippen LogP contribution in [0.1, 0.15) is 26.5 Å². The number of aliphatic hydroxyl groups is 1. The molecular formula is C15H16ClN3O2. The van der Waals surface area contributed by atoms with Crippen molar-refractivity contribution in [1.82, 2.24) is 9.97 Å². The number of carbonyl (C=O) groups is 1. The number of nitrogens with zero attached hydrogens (tertiary/aromatic N) is 2. The van der Waals surface area contributed by atoms with Crippen molar-refractivity contribution in [3.8, 4) is 11.3 Å². The second-order valence-corrected chi connectivity index (χ2v) is 5.66. The molecule has 0 aliphatic rings. The molecule has 2 aromatic rings. The Bertz CT molecular complexity index is 681. The highest BCUT2D eigenvalue weighted by Gasteiger charge is 2.19. The predicted octanol–water partition coefficient (Wildman–Crippen LogP) is 2.98. The van der Waals surface area contributed by atoms with Gasteiger partial charge in [-0.15, -0.1) is 0 Å². The Morgan fingerprint density at radius 2 is 2.05 bits per heavy atom. The average Bonchev–Trinajstić information content (AvgIpc) is 2.36. The molecule has 0 saturated heterocycles. The van der Waals surface area contributed by atoms with Crippen LogP contribution in [0, 0.1) is 0 Å². The lowest BCUT2D eigenvalue weighted by molar-refractivity contribution is -0.114. The minimum Gasteiger partial charge on any atom is -0.384 e. The number of amides is 1. The van der Waals surface area contributed by atoms with Gasteiger partial charge in [0.05, 0.1) is 11.4 Å². The molecule has 0 aliphatic heterocycles. The fraction of sp³-hybridized carbons (Fsp3) is 0.267. The van der Waals surface area contributed by atoms with Crippen LogP contribution in [-0.2, 0) is 10.4 Å². The van der Waals surface area contributed by atoms with Gasteiger partial charge in [0.1, 0.15) is 11.4 Å². The number of aromatic nitrogens is 2. The highest BCUT2D eigenvalue weighted by Crippen LogP contribution is 2.27. The van der Waals surface area contributed by atoms with Gasteiger partial charge in [-0.3, -0.25) is 4.79 Å². The van der Waals surface area contributed by atoms with E-state index < -0.39 is 5.60 Å². The van der Waals surface area contributed by atoms with E-state index in [1.54, 1.807) is 44.3 Å². The molecular weight excluding hydrogens is 290 g/mol. The Morgan fingerprint density at radius 3 is 2.67 bits per heavy atom. The van der Waals surface area contributed by atoms with E-state index in [9.17, 15) is 9.90 Å². The number of nitrogens with one attached hydrogen (secondary N) is 1. The molecule has 2 aromatic heterocycles. The highest BCUT2D eigenvalue weighted by atomic mass is 35.5. The maximum Gasteiger partial charge on any atom is 0.222 e. The summed E-state index contributed by atoms with van der Waals surface area (Å²) in [5, 5.41) is 13.2. The van der Waals surface area contributed by atoms with Crippen molar-refractivity contribution in [2.45, 2.75) is 26.4 Å². The number of anilines is 1. The molecule has 0 radical (unpaired) electrons. The minimum atomic E-state index is -1.09. The van der Waals surface area contributed by atoms with Gasteiger partial charge >= 0.3 is 0 Å². The van der Waals surface area contributed by atoms with E-state index in [1.165, 1.54) is 6.92 Å². The van der Waals surface area contributed by atoms with Gasteiger partial charge in [-0.25, -0.2) is 9.97 Å². The van der Waals surface area contributed by atoms with Crippen LogP contribution in [0.15, 0.2) is 30.5 Å². The molecule has 2 N–H and O–H groups in total. The largest absolute Gasteiger partial charge is 0.384 e. The summed E-state index contributed by atoms with van der Waals surface area (Å²) in [6, 6.07) is 6.79. The van der Waals surface area contributed by atoms with E-state index >= 15 is 0 Å². The van der Waals surface area contributed by atoms with Crippen LogP contribution in [0.3, 0.4) is 0 Å². The molecule has 110 valence electrons. The summed E-state index contributed by atoms with van der Waals surface area (Å²) in [5.74, 6) is 0.238. The number of carbonyl (C=O) groups excluding carboxylic acids is 1. The van der Waals surface area contributed by atoms with Gasteiger partial charge in [0.2, 0.25) is 5.91 Å². The normalized spacial score (nSPS) is 11.3. The third-order valence-corrected chi connectivity index (χ3v) is 2.99. The maximum absolute atomic E-state index is 11.1. The van der Waals surface area contributed by atoms with E-state index in [0.29, 0.717) is 22.2 Å². The lowest BCUT2D eigenvalue weighted by atomic mass is 10.0. The lowest BCUT2D eigenvalue weighted by Crippen LogP contribution is -2.17. The van der Waals surface area contributed by atoms with Gasteiger partial charge in [0, 0.05) is 23.7 Å². The molecule has 1 amide bonds. The van der Waals surface area contributed by atoms with Crippen LogP contribution in [0.5, 0.6) is 0 Å². The number of hydrogen-bond acceptors (Lipinski definition) is 4. The smallest absolute Gasteiger partial charge is 0.222 e. The van der Waals surface area contributed by atoms with E-state index in [4.69, 9.17) is 11.6 Å². The van der Waals surface area contributed by atoms with Crippen LogP contribution in [-0.4, -0.2) is 21.0 Å². The Balaban J connectivity index is 2.47. The number of halogens is 1. The highest BCUT2D eigenvalue weighted by molar-refractivity contribution is 6.30. The summed E-state index contributed by atoms with van der Waals surface area (Å²) in [6.07, 6.45) is 1.58. The zero-order valence-electron chi connectivity index (χ0n) is 12.0. The molecule has 2 rings (SSSR count). The van der Waals surface area contributed by atoms with Crippen LogP contribution >= 0.6 is 11.6 Å². The Kier molecular flexibility index (Phi) is 4.25. The Labute approximate surface area is 128 Å². The van der Waals surface area contributed by atoms with Gasteiger partial charge < -0.3 is 10.4 Å². The molecule has 5 nitrogen and oxygen atoms in total. The first-order valence-corrected chi connectivity index (χ1v) is 6.78. The Hall–Kier alpha value is -1.98. The summed E-state index contributed by atoms with van der Waals surface area (Å²) >= 11 is 6.09. The zero-order chi connectivity index (χ0) is 15.6. The van der Waals surface area contributed by atoms with Crippen molar-refractivity contribution in [2.75, 3.05) is 5.32 Å². The van der Waals surface area contributed by atoms with E-state index in [1.807, 2.05) is 0 Å². The molecule has 0 atom stereocenters. The molecule has 2 heterocycles. The second kappa shape index (κ2) is 5.79. The number of pyridine rings is 2. The van der Waals surface area contributed by atoms with Gasteiger partial charge in [0.15, 0.2) is 0 Å². The van der Waals surface area contributed by atoms with E-state index in [2.05, 4.69) is 15.3 Å². The molecule has 0 aliphatic carbocycles. The van der Waals surface area contributed by atoms with Gasteiger partial charge in [-0.05, 0) is 38.1 Å². The first-order valence-electron chi connectivity index (χ1n) is 6.40. The van der Waals surface area contributed by atoms with Crippen molar-refractivity contribution in [3.05, 3.63) is 41.2 Å². The molecule has 21 heavy (non-hydrogen) atoms. The van der Waals surface area contributed by atoms with Crippen molar-refractivity contribution in [1.29, 1.82) is 0 Å². The van der Waals surface area contributed by atoms with Crippen molar-refractivity contribution in [2.24, 2.45) is 0 Å². The Morgan fingerprint density at radius 1 is 1.33 bits per heavy atom. The molecule has 0 bridgehead atoms. The quantitative estimate of drug-likeness (QED) is 0.914. The van der Waals surface area contributed by atoms with Gasteiger partial charge in [-0.2, -0.15) is 0 Å². The average molecular weight is 306 g/mol. The minimum absolute atomic E-state index is 0.198. The summed E-state index contributed by atoms with van der Waals surface area (Å²) < 4.78 is 0. The van der Waals surface area contributed by atoms with Gasteiger partial charge in [0.25, 0.3) is 0 Å². The second-order valence-electron chi connectivity index (χ2n) is 5.23. The molecule has 0 unspecified atom stereocenters. The zero-order valence-corrected chi connectivity index (χ0v) is 12.8. The molecule has 0 aromatic carbocycles. The first-order chi connectivity index (χ1) is 9.75. The van der Waals surface area contributed by atoms with Crippen LogP contribution in [0.4, 0.5) is 5.82 Å². The molecule has 0 spiro atoms. The third kappa shape index (κ3) is 4.00. The van der Waals surface area contributed by atoms with Crippen molar-refractivity contribution >= 4 is 23.3 Å². The number of hydrogen-bond donors (Lipinski definition) is 2. The molecule has 0 saturated carbocycles. The number of rotatable bonds is 3. The first kappa shape index (κ1) is 15.4. The fourth-order valence-corrected chi connectivity index (χ4v) is 2.00. The lowest BCUT2D eigenvalue weighted by Gasteiger charge is -2.18. The molecule has 6 heteroatoms. The van der Waals surface area contributed by atoms with E-state index in [0.717, 1.165) is 5.56 Å². The van der Waals surface area contributed by atoms with Crippen molar-refractivity contribution < 1.29 is 9.90 Å². The fourth-order valence-electron chi connectivity index (χ4n) is 1.80. The summed E-state index contributed by atoms with van der Waals surface area (Å²) in [7, 11) is 0. The summed E-state index contributed by atoms with van der Waals surface area (Å²) in [6.45, 7) is 4.70. The SMILES string of the molecule is CC(=O)Nc1cc(-c2cc(Cl)cc(C(C)(C)O)n2)ccn1. The van der Waals surface area contributed by atoms with Gasteiger partial charge in [-0.1, -0.05) is 11.6 Å². The molecule has 0 fully saturated rings. The van der Waals surface area contributed by atoms with Crippen molar-refractivity contribution in [3.63, 3.8) is 0 Å². The third-order valence-electron chi connectivity index (χ3n) is 2.78. The van der Waals surface area contributed by atoms with E-state index in [-0.39, 0.29) is 5.91 Å². The topological polar surface area (TPSA) is 75.1 Å². The maximum atomic E-state index is 11.1. The van der Waals surface area contributed by atoms with Crippen LogP contribution < -0.4 is 5.32 Å². The summed E-state index contributed by atoms with van der Waals surface area (Å²) in [4.78, 5) is 19.6. The predicted molar refractivity (Wildman–Crippen MR) is 82.0 cm³/mol. The van der Waals surface area contributed by atoms with Crippen LogP contribution in [0.25, 0.3) is 11.3 Å². The summed E-state index contributed by atoms with van der Waals surface area (Å²) in [5.41, 5.74) is 0.742.